The molecule has 116 valence electrons. The molecule has 0 radical (unpaired) electrons. The Hall–Kier alpha value is -1.75. The Balaban J connectivity index is 1.85. The van der Waals surface area contributed by atoms with Crippen LogP contribution >= 0.6 is 0 Å². The van der Waals surface area contributed by atoms with E-state index in [0.717, 1.165) is 43.0 Å². The highest BCUT2D eigenvalue weighted by molar-refractivity contribution is 5.76. The zero-order chi connectivity index (χ0) is 15.1. The van der Waals surface area contributed by atoms with Gasteiger partial charge < -0.3 is 20.1 Å². The van der Waals surface area contributed by atoms with Gasteiger partial charge in [-0.15, -0.1) is 0 Å². The summed E-state index contributed by atoms with van der Waals surface area (Å²) in [6.45, 7) is 1.93. The third-order valence-corrected chi connectivity index (χ3v) is 3.71. The van der Waals surface area contributed by atoms with Crippen molar-refractivity contribution in [3.05, 3.63) is 23.8 Å². The normalized spacial score (nSPS) is 18.1. The Morgan fingerprint density at radius 2 is 2.00 bits per heavy atom. The van der Waals surface area contributed by atoms with Crippen molar-refractivity contribution in [2.75, 3.05) is 27.3 Å². The number of methoxy groups -OCH3 is 2. The third kappa shape index (κ3) is 4.93. The van der Waals surface area contributed by atoms with E-state index in [1.165, 1.54) is 0 Å². The molecule has 5 nitrogen and oxygen atoms in total. The van der Waals surface area contributed by atoms with Gasteiger partial charge >= 0.3 is 0 Å². The molecule has 1 heterocycles. The molecule has 0 bridgehead atoms. The maximum Gasteiger partial charge on any atom is 0.220 e. The van der Waals surface area contributed by atoms with Gasteiger partial charge in [0.1, 0.15) is 11.5 Å². The van der Waals surface area contributed by atoms with Crippen LogP contribution < -0.4 is 20.1 Å². The van der Waals surface area contributed by atoms with Crippen LogP contribution in [0.25, 0.3) is 0 Å². The zero-order valence-corrected chi connectivity index (χ0v) is 12.8. The summed E-state index contributed by atoms with van der Waals surface area (Å²) in [4.78, 5) is 12.0. The van der Waals surface area contributed by atoms with E-state index in [9.17, 15) is 4.79 Å². The van der Waals surface area contributed by atoms with Crippen LogP contribution in [-0.2, 0) is 11.2 Å². The average molecular weight is 292 g/mol. The van der Waals surface area contributed by atoms with Crippen molar-refractivity contribution in [1.82, 2.24) is 10.6 Å². The fraction of sp³-hybridized carbons (Fsp3) is 0.562. The molecule has 1 atom stereocenters. The molecular weight excluding hydrogens is 268 g/mol. The highest BCUT2D eigenvalue weighted by Gasteiger charge is 2.15. The minimum Gasteiger partial charge on any atom is -0.497 e. The zero-order valence-electron chi connectivity index (χ0n) is 12.8. The highest BCUT2D eigenvalue weighted by Crippen LogP contribution is 2.23. The number of nitrogens with one attached hydrogen (secondary N) is 2. The lowest BCUT2D eigenvalue weighted by Gasteiger charge is -2.23. The number of ether oxygens (including phenoxy) is 2. The van der Waals surface area contributed by atoms with E-state index in [-0.39, 0.29) is 11.9 Å². The maximum absolute atomic E-state index is 12.0. The van der Waals surface area contributed by atoms with Gasteiger partial charge in [-0.1, -0.05) is 0 Å². The fourth-order valence-corrected chi connectivity index (χ4v) is 2.54. The molecule has 1 aliphatic heterocycles. The standard InChI is InChI=1S/C16H24N2O3/c1-20-14-8-12(9-15(10-14)21-2)5-6-16(19)18-13-4-3-7-17-11-13/h8-10,13,17H,3-7,11H2,1-2H3,(H,18,19)/t13-/m0/s1. The van der Waals surface area contributed by atoms with E-state index in [0.29, 0.717) is 12.8 Å². The Kier molecular flexibility index (Phi) is 5.87. The number of rotatable bonds is 6. The van der Waals surface area contributed by atoms with Crippen LogP contribution in [0.2, 0.25) is 0 Å². The molecule has 1 aliphatic rings. The van der Waals surface area contributed by atoms with Crippen molar-refractivity contribution in [1.29, 1.82) is 0 Å². The Labute approximate surface area is 126 Å². The molecule has 5 heteroatoms. The van der Waals surface area contributed by atoms with Gasteiger partial charge in [0.2, 0.25) is 5.91 Å². The monoisotopic (exact) mass is 292 g/mol. The second-order valence-corrected chi connectivity index (χ2v) is 5.33. The summed E-state index contributed by atoms with van der Waals surface area (Å²) in [5, 5.41) is 6.38. The first kappa shape index (κ1) is 15.6. The molecule has 21 heavy (non-hydrogen) atoms. The second kappa shape index (κ2) is 7.88. The van der Waals surface area contributed by atoms with E-state index in [1.54, 1.807) is 14.2 Å². The van der Waals surface area contributed by atoms with Crippen LogP contribution in [0.4, 0.5) is 0 Å². The number of carbonyl (C=O) groups excluding carboxylic acids is 1. The summed E-state index contributed by atoms with van der Waals surface area (Å²) < 4.78 is 10.5. The summed E-state index contributed by atoms with van der Waals surface area (Å²) in [5.41, 5.74) is 1.04. The molecule has 0 saturated carbocycles. The lowest BCUT2D eigenvalue weighted by atomic mass is 10.1. The second-order valence-electron chi connectivity index (χ2n) is 5.33. The summed E-state index contributed by atoms with van der Waals surface area (Å²) >= 11 is 0. The fourth-order valence-electron chi connectivity index (χ4n) is 2.54. The molecule has 0 aromatic heterocycles. The summed E-state index contributed by atoms with van der Waals surface area (Å²) in [6, 6.07) is 5.99. The molecule has 1 fully saturated rings. The largest absolute Gasteiger partial charge is 0.497 e. The Morgan fingerprint density at radius 3 is 2.57 bits per heavy atom. The molecule has 1 amide bonds. The van der Waals surface area contributed by atoms with Crippen molar-refractivity contribution in [3.8, 4) is 11.5 Å². The van der Waals surface area contributed by atoms with Crippen molar-refractivity contribution < 1.29 is 14.3 Å². The first-order valence-corrected chi connectivity index (χ1v) is 7.43. The maximum atomic E-state index is 12.0. The van der Waals surface area contributed by atoms with E-state index < -0.39 is 0 Å². The number of benzene rings is 1. The van der Waals surface area contributed by atoms with Crippen LogP contribution in [0, 0.1) is 0 Å². The van der Waals surface area contributed by atoms with Gasteiger partial charge in [0.25, 0.3) is 0 Å². The lowest BCUT2D eigenvalue weighted by Crippen LogP contribution is -2.45. The van der Waals surface area contributed by atoms with Gasteiger partial charge in [0.05, 0.1) is 14.2 Å². The van der Waals surface area contributed by atoms with Crippen molar-refractivity contribution in [2.45, 2.75) is 31.7 Å². The predicted molar refractivity (Wildman–Crippen MR) is 81.9 cm³/mol. The number of aryl methyl sites for hydroxylation is 1. The number of hydrogen-bond donors (Lipinski definition) is 2. The smallest absolute Gasteiger partial charge is 0.220 e. The highest BCUT2D eigenvalue weighted by atomic mass is 16.5. The van der Waals surface area contributed by atoms with Crippen molar-refractivity contribution in [3.63, 3.8) is 0 Å². The topological polar surface area (TPSA) is 59.6 Å². The minimum atomic E-state index is 0.102. The lowest BCUT2D eigenvalue weighted by molar-refractivity contribution is -0.121. The molecule has 1 saturated heterocycles. The molecule has 0 aliphatic carbocycles. The van der Waals surface area contributed by atoms with E-state index in [4.69, 9.17) is 9.47 Å². The van der Waals surface area contributed by atoms with Crippen LogP contribution in [0.1, 0.15) is 24.8 Å². The van der Waals surface area contributed by atoms with Crippen molar-refractivity contribution in [2.24, 2.45) is 0 Å². The van der Waals surface area contributed by atoms with Crippen LogP contribution in [-0.4, -0.2) is 39.3 Å². The Morgan fingerprint density at radius 1 is 1.29 bits per heavy atom. The number of piperidine rings is 1. The first-order chi connectivity index (χ1) is 10.2. The van der Waals surface area contributed by atoms with Gasteiger partial charge in [-0.05, 0) is 43.5 Å². The Bertz CT molecular complexity index is 448. The van der Waals surface area contributed by atoms with E-state index in [1.807, 2.05) is 18.2 Å². The van der Waals surface area contributed by atoms with Crippen molar-refractivity contribution >= 4 is 5.91 Å². The number of hydrogen-bond acceptors (Lipinski definition) is 4. The van der Waals surface area contributed by atoms with Gasteiger partial charge in [-0.25, -0.2) is 0 Å². The predicted octanol–water partition coefficient (Wildman–Crippen LogP) is 1.50. The quantitative estimate of drug-likeness (QED) is 0.834. The van der Waals surface area contributed by atoms with Gasteiger partial charge in [0, 0.05) is 25.1 Å². The summed E-state index contributed by atoms with van der Waals surface area (Å²) in [6.07, 6.45) is 3.34. The van der Waals surface area contributed by atoms with Crippen LogP contribution in [0.3, 0.4) is 0 Å². The molecule has 0 unspecified atom stereocenters. The number of carbonyl (C=O) groups is 1. The minimum absolute atomic E-state index is 0.102. The van der Waals surface area contributed by atoms with Gasteiger partial charge in [-0.2, -0.15) is 0 Å². The third-order valence-electron chi connectivity index (χ3n) is 3.71. The summed E-state index contributed by atoms with van der Waals surface area (Å²) in [5.74, 6) is 1.60. The molecule has 2 N–H and O–H groups in total. The summed E-state index contributed by atoms with van der Waals surface area (Å²) in [7, 11) is 3.25. The van der Waals surface area contributed by atoms with E-state index >= 15 is 0 Å². The molecule has 1 aromatic rings. The average Bonchev–Trinajstić information content (AvgIpc) is 2.53. The molecular formula is C16H24N2O3. The molecule has 0 spiro atoms. The van der Waals surface area contributed by atoms with Gasteiger partial charge in [-0.3, -0.25) is 4.79 Å². The SMILES string of the molecule is COc1cc(CCC(=O)N[C@H]2CCCNC2)cc(OC)c1. The van der Waals surface area contributed by atoms with Crippen LogP contribution in [0.5, 0.6) is 11.5 Å². The molecule has 2 rings (SSSR count). The van der Waals surface area contributed by atoms with E-state index in [2.05, 4.69) is 10.6 Å². The number of amides is 1. The van der Waals surface area contributed by atoms with Crippen LogP contribution in [0.15, 0.2) is 18.2 Å². The van der Waals surface area contributed by atoms with Gasteiger partial charge in [0.15, 0.2) is 0 Å². The molecule has 1 aromatic carbocycles. The first-order valence-electron chi connectivity index (χ1n) is 7.43.